The molecule has 3 rings (SSSR count). The summed E-state index contributed by atoms with van der Waals surface area (Å²) in [6.07, 6.45) is 0. The first-order valence-corrected chi connectivity index (χ1v) is 7.47. The number of anilines is 1. The standard InChI is InChI=1S/C14H8Br2FN3O/c15-9-3-8(4-10(17)6-9)13-19-14(21-20-13)7-1-2-11(16)12(18)5-7/h1-6H,18H2. The number of nitrogen functional groups attached to an aromatic ring is 1. The van der Waals surface area contributed by atoms with Crippen molar-refractivity contribution >= 4 is 37.5 Å². The van der Waals surface area contributed by atoms with Gasteiger partial charge >= 0.3 is 0 Å². The molecule has 1 aromatic heterocycles. The predicted molar refractivity (Wildman–Crippen MR) is 84.9 cm³/mol. The first-order valence-electron chi connectivity index (χ1n) is 5.88. The lowest BCUT2D eigenvalue weighted by Gasteiger charge is -1.99. The molecule has 0 fully saturated rings. The number of aromatic nitrogens is 2. The van der Waals surface area contributed by atoms with E-state index in [9.17, 15) is 4.39 Å². The van der Waals surface area contributed by atoms with Crippen LogP contribution >= 0.6 is 31.9 Å². The molecule has 2 aromatic carbocycles. The SMILES string of the molecule is Nc1cc(-c2nc(-c3cc(F)cc(Br)c3)no2)ccc1Br. The van der Waals surface area contributed by atoms with Crippen LogP contribution in [0.2, 0.25) is 0 Å². The average molecular weight is 413 g/mol. The summed E-state index contributed by atoms with van der Waals surface area (Å²) >= 11 is 6.55. The molecule has 0 amide bonds. The van der Waals surface area contributed by atoms with E-state index in [2.05, 4.69) is 42.0 Å². The normalized spacial score (nSPS) is 10.8. The van der Waals surface area contributed by atoms with Crippen molar-refractivity contribution < 1.29 is 8.91 Å². The number of hydrogen-bond donors (Lipinski definition) is 1. The second kappa shape index (κ2) is 5.57. The number of hydrogen-bond acceptors (Lipinski definition) is 4. The predicted octanol–water partition coefficient (Wildman–Crippen LogP) is 4.65. The van der Waals surface area contributed by atoms with Gasteiger partial charge in [0.05, 0.1) is 0 Å². The fourth-order valence-electron chi connectivity index (χ4n) is 1.82. The van der Waals surface area contributed by atoms with Gasteiger partial charge in [-0.1, -0.05) is 21.1 Å². The summed E-state index contributed by atoms with van der Waals surface area (Å²) in [5, 5.41) is 3.87. The van der Waals surface area contributed by atoms with Gasteiger partial charge in [-0.25, -0.2) is 4.39 Å². The van der Waals surface area contributed by atoms with Crippen LogP contribution in [0.1, 0.15) is 0 Å². The van der Waals surface area contributed by atoms with E-state index >= 15 is 0 Å². The van der Waals surface area contributed by atoms with Crippen LogP contribution in [-0.4, -0.2) is 10.1 Å². The molecule has 0 aliphatic heterocycles. The maximum Gasteiger partial charge on any atom is 0.258 e. The lowest BCUT2D eigenvalue weighted by molar-refractivity contribution is 0.432. The Kier molecular flexibility index (Phi) is 3.77. The maximum absolute atomic E-state index is 13.4. The van der Waals surface area contributed by atoms with Gasteiger partial charge in [0.1, 0.15) is 5.82 Å². The number of nitrogens with two attached hydrogens (primary N) is 1. The number of halogens is 3. The fraction of sp³-hybridized carbons (Fsp3) is 0. The highest BCUT2D eigenvalue weighted by molar-refractivity contribution is 9.10. The first-order chi connectivity index (χ1) is 10.0. The van der Waals surface area contributed by atoms with Crippen molar-refractivity contribution in [2.24, 2.45) is 0 Å². The van der Waals surface area contributed by atoms with Crippen LogP contribution in [0.25, 0.3) is 22.8 Å². The molecule has 7 heteroatoms. The van der Waals surface area contributed by atoms with Crippen molar-refractivity contribution in [3.63, 3.8) is 0 Å². The Morgan fingerprint density at radius 1 is 1.05 bits per heavy atom. The molecule has 0 spiro atoms. The van der Waals surface area contributed by atoms with Gasteiger partial charge in [0, 0.05) is 25.8 Å². The molecule has 0 atom stereocenters. The minimum absolute atomic E-state index is 0.312. The van der Waals surface area contributed by atoms with E-state index in [0.29, 0.717) is 33.0 Å². The van der Waals surface area contributed by atoms with Crippen LogP contribution in [0.3, 0.4) is 0 Å². The average Bonchev–Trinajstić information content (AvgIpc) is 2.90. The van der Waals surface area contributed by atoms with Gasteiger partial charge in [-0.05, 0) is 52.3 Å². The van der Waals surface area contributed by atoms with Crippen LogP contribution in [0.4, 0.5) is 10.1 Å². The van der Waals surface area contributed by atoms with Crippen molar-refractivity contribution in [3.05, 3.63) is 51.2 Å². The van der Waals surface area contributed by atoms with Gasteiger partial charge in [-0.15, -0.1) is 0 Å². The smallest absolute Gasteiger partial charge is 0.258 e. The van der Waals surface area contributed by atoms with Crippen molar-refractivity contribution in [1.82, 2.24) is 10.1 Å². The summed E-state index contributed by atoms with van der Waals surface area (Å²) in [5.41, 5.74) is 7.62. The van der Waals surface area contributed by atoms with Crippen LogP contribution in [0.5, 0.6) is 0 Å². The third-order valence-corrected chi connectivity index (χ3v) is 3.97. The highest BCUT2D eigenvalue weighted by Gasteiger charge is 2.12. The molecule has 21 heavy (non-hydrogen) atoms. The van der Waals surface area contributed by atoms with E-state index in [0.717, 1.165) is 4.47 Å². The summed E-state index contributed by atoms with van der Waals surface area (Å²) in [6.45, 7) is 0. The van der Waals surface area contributed by atoms with Crippen LogP contribution in [0, 0.1) is 5.82 Å². The molecular formula is C14H8Br2FN3O. The molecule has 0 aliphatic carbocycles. The summed E-state index contributed by atoms with van der Waals surface area (Å²) in [4.78, 5) is 4.27. The van der Waals surface area contributed by atoms with Crippen molar-refractivity contribution in [1.29, 1.82) is 0 Å². The minimum Gasteiger partial charge on any atom is -0.398 e. The lowest BCUT2D eigenvalue weighted by atomic mass is 10.2. The third kappa shape index (κ3) is 2.98. The van der Waals surface area contributed by atoms with Crippen LogP contribution < -0.4 is 5.73 Å². The lowest BCUT2D eigenvalue weighted by Crippen LogP contribution is -1.88. The summed E-state index contributed by atoms with van der Waals surface area (Å²) in [6, 6.07) is 9.75. The molecule has 106 valence electrons. The van der Waals surface area contributed by atoms with Crippen LogP contribution in [-0.2, 0) is 0 Å². The van der Waals surface area contributed by atoms with Gasteiger partial charge < -0.3 is 10.3 Å². The number of nitrogens with zero attached hydrogens (tertiary/aromatic N) is 2. The topological polar surface area (TPSA) is 64.9 Å². The summed E-state index contributed by atoms with van der Waals surface area (Å²) in [5.74, 6) is 0.259. The Morgan fingerprint density at radius 2 is 1.86 bits per heavy atom. The van der Waals surface area contributed by atoms with Gasteiger partial charge in [0.15, 0.2) is 0 Å². The Balaban J connectivity index is 2.01. The largest absolute Gasteiger partial charge is 0.398 e. The summed E-state index contributed by atoms with van der Waals surface area (Å²) in [7, 11) is 0. The van der Waals surface area contributed by atoms with Crippen molar-refractivity contribution in [3.8, 4) is 22.8 Å². The Morgan fingerprint density at radius 3 is 2.57 bits per heavy atom. The van der Waals surface area contributed by atoms with Crippen molar-refractivity contribution in [2.75, 3.05) is 5.73 Å². The van der Waals surface area contributed by atoms with Gasteiger partial charge in [-0.3, -0.25) is 0 Å². The molecule has 3 aromatic rings. The number of benzene rings is 2. The van der Waals surface area contributed by atoms with E-state index in [1.165, 1.54) is 12.1 Å². The Labute approximate surface area is 136 Å². The molecule has 0 saturated carbocycles. The van der Waals surface area contributed by atoms with Gasteiger partial charge in [-0.2, -0.15) is 4.98 Å². The molecule has 4 nitrogen and oxygen atoms in total. The highest BCUT2D eigenvalue weighted by Crippen LogP contribution is 2.28. The van der Waals surface area contributed by atoms with Gasteiger partial charge in [0.25, 0.3) is 5.89 Å². The quantitative estimate of drug-likeness (QED) is 0.622. The van der Waals surface area contributed by atoms with Crippen molar-refractivity contribution in [2.45, 2.75) is 0 Å². The second-order valence-electron chi connectivity index (χ2n) is 4.32. The van der Waals surface area contributed by atoms with Gasteiger partial charge in [0.2, 0.25) is 5.82 Å². The summed E-state index contributed by atoms with van der Waals surface area (Å²) < 4.78 is 20.0. The molecule has 0 aliphatic rings. The molecule has 0 radical (unpaired) electrons. The molecule has 2 N–H and O–H groups in total. The van der Waals surface area contributed by atoms with E-state index in [1.54, 1.807) is 24.3 Å². The van der Waals surface area contributed by atoms with E-state index in [1.807, 2.05) is 0 Å². The highest BCUT2D eigenvalue weighted by atomic mass is 79.9. The monoisotopic (exact) mass is 411 g/mol. The minimum atomic E-state index is -0.376. The fourth-order valence-corrected chi connectivity index (χ4v) is 2.53. The zero-order valence-electron chi connectivity index (χ0n) is 10.5. The Hall–Kier alpha value is -1.73. The number of rotatable bonds is 2. The molecule has 0 unspecified atom stereocenters. The zero-order valence-corrected chi connectivity index (χ0v) is 13.7. The molecule has 0 saturated heterocycles. The zero-order chi connectivity index (χ0) is 15.0. The van der Waals surface area contributed by atoms with E-state index in [-0.39, 0.29) is 5.82 Å². The first kappa shape index (κ1) is 14.2. The van der Waals surface area contributed by atoms with E-state index < -0.39 is 0 Å². The second-order valence-corrected chi connectivity index (χ2v) is 6.09. The molecule has 0 bridgehead atoms. The molecule has 1 heterocycles. The van der Waals surface area contributed by atoms with E-state index in [4.69, 9.17) is 10.3 Å². The maximum atomic E-state index is 13.4. The third-order valence-electron chi connectivity index (χ3n) is 2.79. The molecular weight excluding hydrogens is 405 g/mol. The van der Waals surface area contributed by atoms with Crippen LogP contribution in [0.15, 0.2) is 49.9 Å². The Bertz CT molecular complexity index is 799.